The van der Waals surface area contributed by atoms with E-state index in [1.165, 1.54) is 0 Å². The van der Waals surface area contributed by atoms with Crippen molar-refractivity contribution in [2.45, 2.75) is 6.42 Å². The van der Waals surface area contributed by atoms with Crippen LogP contribution in [0.15, 0.2) is 12.2 Å². The number of nitrogens with zero attached hydrogens (tertiary/aromatic N) is 2. The summed E-state index contributed by atoms with van der Waals surface area (Å²) in [6, 6.07) is 0. The molecule has 0 spiro atoms. The zero-order valence-corrected chi connectivity index (χ0v) is 9.72. The molecule has 1 unspecified atom stereocenters. The van der Waals surface area contributed by atoms with Gasteiger partial charge in [-0.3, -0.25) is 4.79 Å². The van der Waals surface area contributed by atoms with Gasteiger partial charge in [0.25, 0.3) is 0 Å². The Bertz CT molecular complexity index is 302. The topological polar surface area (TPSA) is 60.9 Å². The van der Waals surface area contributed by atoms with Crippen molar-refractivity contribution in [3.8, 4) is 0 Å². The fraction of sp³-hybridized carbons (Fsp3) is 0.636. The summed E-state index contributed by atoms with van der Waals surface area (Å²) >= 11 is 0. The zero-order valence-electron chi connectivity index (χ0n) is 9.72. The summed E-state index contributed by atoms with van der Waals surface area (Å²) < 4.78 is 0. The molecule has 0 aromatic heterocycles. The molecule has 1 aliphatic heterocycles. The highest BCUT2D eigenvalue weighted by Gasteiger charge is 2.21. The van der Waals surface area contributed by atoms with Crippen molar-refractivity contribution in [1.82, 2.24) is 9.80 Å². The van der Waals surface area contributed by atoms with E-state index >= 15 is 0 Å². The standard InChI is InChI=1S/C11H18N2O3/c1-12-6-5-9(7-12)8-13(2)10(14)3-4-11(15)16/h3-4,9H,5-8H2,1-2H3,(H,15,16). The van der Waals surface area contributed by atoms with Gasteiger partial charge in [0.15, 0.2) is 0 Å². The molecule has 1 atom stereocenters. The smallest absolute Gasteiger partial charge is 0.328 e. The van der Waals surface area contributed by atoms with Crippen LogP contribution in [-0.2, 0) is 9.59 Å². The lowest BCUT2D eigenvalue weighted by Crippen LogP contribution is -2.31. The quantitative estimate of drug-likeness (QED) is 0.687. The van der Waals surface area contributed by atoms with Crippen LogP contribution in [0.2, 0.25) is 0 Å². The molecule has 5 heteroatoms. The molecule has 1 N–H and O–H groups in total. The Morgan fingerprint density at radius 2 is 2.19 bits per heavy atom. The average molecular weight is 226 g/mol. The van der Waals surface area contributed by atoms with Crippen LogP contribution in [0.1, 0.15) is 6.42 Å². The van der Waals surface area contributed by atoms with E-state index in [-0.39, 0.29) is 5.91 Å². The van der Waals surface area contributed by atoms with E-state index in [2.05, 4.69) is 11.9 Å². The third-order valence-corrected chi connectivity index (χ3v) is 2.77. The Labute approximate surface area is 95.3 Å². The van der Waals surface area contributed by atoms with E-state index in [1.54, 1.807) is 11.9 Å². The van der Waals surface area contributed by atoms with Crippen molar-refractivity contribution in [2.24, 2.45) is 5.92 Å². The molecule has 1 saturated heterocycles. The minimum atomic E-state index is -1.10. The first-order chi connectivity index (χ1) is 7.49. The number of carbonyl (C=O) groups excluding carboxylic acids is 1. The van der Waals surface area contributed by atoms with Crippen molar-refractivity contribution >= 4 is 11.9 Å². The SMILES string of the molecule is CN1CCC(CN(C)C(=O)C=CC(=O)O)C1. The highest BCUT2D eigenvalue weighted by atomic mass is 16.4. The van der Waals surface area contributed by atoms with Gasteiger partial charge in [0.2, 0.25) is 5.91 Å². The fourth-order valence-corrected chi connectivity index (χ4v) is 1.92. The van der Waals surface area contributed by atoms with Gasteiger partial charge in [0.1, 0.15) is 0 Å². The average Bonchev–Trinajstić information content (AvgIpc) is 2.60. The lowest BCUT2D eigenvalue weighted by Gasteiger charge is -2.19. The molecule has 0 aromatic carbocycles. The molecular formula is C11H18N2O3. The number of hydrogen-bond acceptors (Lipinski definition) is 3. The molecule has 1 heterocycles. The first-order valence-electron chi connectivity index (χ1n) is 5.33. The summed E-state index contributed by atoms with van der Waals surface area (Å²) in [5.41, 5.74) is 0. The molecular weight excluding hydrogens is 208 g/mol. The molecule has 1 aliphatic rings. The van der Waals surface area contributed by atoms with E-state index in [9.17, 15) is 9.59 Å². The number of likely N-dealkylation sites (tertiary alicyclic amines) is 1. The van der Waals surface area contributed by atoms with Gasteiger partial charge in [-0.2, -0.15) is 0 Å². The predicted molar refractivity (Wildman–Crippen MR) is 60.0 cm³/mol. The third-order valence-electron chi connectivity index (χ3n) is 2.77. The van der Waals surface area contributed by atoms with Crippen molar-refractivity contribution < 1.29 is 14.7 Å². The molecule has 0 bridgehead atoms. The molecule has 90 valence electrons. The van der Waals surface area contributed by atoms with Crippen molar-refractivity contribution in [3.63, 3.8) is 0 Å². The molecule has 0 radical (unpaired) electrons. The van der Waals surface area contributed by atoms with Crippen LogP contribution >= 0.6 is 0 Å². The Balaban J connectivity index is 2.37. The number of aliphatic carboxylic acids is 1. The second-order valence-corrected chi connectivity index (χ2v) is 4.31. The largest absolute Gasteiger partial charge is 0.478 e. The number of carboxylic acids is 1. The number of carboxylic acid groups (broad SMARTS) is 1. The maximum atomic E-state index is 11.5. The van der Waals surface area contributed by atoms with Gasteiger partial charge in [0, 0.05) is 32.3 Å². The highest BCUT2D eigenvalue weighted by Crippen LogP contribution is 2.15. The summed E-state index contributed by atoms with van der Waals surface area (Å²) in [5, 5.41) is 8.40. The second-order valence-electron chi connectivity index (χ2n) is 4.31. The van der Waals surface area contributed by atoms with E-state index in [4.69, 9.17) is 5.11 Å². The van der Waals surface area contributed by atoms with Crippen LogP contribution in [0.25, 0.3) is 0 Å². The number of likely N-dealkylation sites (N-methyl/N-ethyl adjacent to an activating group) is 1. The molecule has 1 rings (SSSR count). The van der Waals surface area contributed by atoms with E-state index in [1.807, 2.05) is 0 Å². The number of rotatable bonds is 4. The summed E-state index contributed by atoms with van der Waals surface area (Å²) in [6.45, 7) is 2.76. The lowest BCUT2D eigenvalue weighted by molar-refractivity contribution is -0.132. The Morgan fingerprint density at radius 3 is 2.69 bits per heavy atom. The van der Waals surface area contributed by atoms with Crippen molar-refractivity contribution in [1.29, 1.82) is 0 Å². The van der Waals surface area contributed by atoms with Gasteiger partial charge in [-0.1, -0.05) is 0 Å². The summed E-state index contributed by atoms with van der Waals surface area (Å²) in [5.74, 6) is -0.850. The van der Waals surface area contributed by atoms with Gasteiger partial charge in [0.05, 0.1) is 0 Å². The van der Waals surface area contributed by atoms with Crippen molar-refractivity contribution in [3.05, 3.63) is 12.2 Å². The normalized spacial score (nSPS) is 21.5. The molecule has 1 fully saturated rings. The molecule has 0 saturated carbocycles. The zero-order chi connectivity index (χ0) is 12.1. The summed E-state index contributed by atoms with van der Waals surface area (Å²) in [6.07, 6.45) is 3.07. The van der Waals surface area contributed by atoms with Crippen molar-refractivity contribution in [2.75, 3.05) is 33.7 Å². The van der Waals surface area contributed by atoms with Crippen LogP contribution in [0, 0.1) is 5.92 Å². The first kappa shape index (κ1) is 12.7. The fourth-order valence-electron chi connectivity index (χ4n) is 1.92. The minimum Gasteiger partial charge on any atom is -0.478 e. The maximum Gasteiger partial charge on any atom is 0.328 e. The van der Waals surface area contributed by atoms with Gasteiger partial charge in [-0.05, 0) is 25.9 Å². The summed E-state index contributed by atoms with van der Waals surface area (Å²) in [7, 11) is 3.76. The molecule has 5 nitrogen and oxygen atoms in total. The van der Waals surface area contributed by atoms with Crippen LogP contribution in [0.3, 0.4) is 0 Å². The van der Waals surface area contributed by atoms with Gasteiger partial charge < -0.3 is 14.9 Å². The van der Waals surface area contributed by atoms with Gasteiger partial charge in [-0.15, -0.1) is 0 Å². The summed E-state index contributed by atoms with van der Waals surface area (Å²) in [4.78, 5) is 25.5. The molecule has 16 heavy (non-hydrogen) atoms. The number of amides is 1. The number of hydrogen-bond donors (Lipinski definition) is 1. The first-order valence-corrected chi connectivity index (χ1v) is 5.33. The second kappa shape index (κ2) is 5.65. The van der Waals surface area contributed by atoms with Gasteiger partial charge >= 0.3 is 5.97 Å². The highest BCUT2D eigenvalue weighted by molar-refractivity contribution is 5.93. The molecule has 0 aliphatic carbocycles. The molecule has 0 aromatic rings. The lowest BCUT2D eigenvalue weighted by atomic mass is 10.1. The minimum absolute atomic E-state index is 0.253. The van der Waals surface area contributed by atoms with E-state index in [0.717, 1.165) is 31.7 Å². The third kappa shape index (κ3) is 4.02. The van der Waals surface area contributed by atoms with Crippen LogP contribution in [0.4, 0.5) is 0 Å². The molecule has 1 amide bonds. The van der Waals surface area contributed by atoms with Gasteiger partial charge in [-0.25, -0.2) is 4.79 Å². The Morgan fingerprint density at radius 1 is 1.50 bits per heavy atom. The van der Waals surface area contributed by atoms with Crippen LogP contribution in [0.5, 0.6) is 0 Å². The van der Waals surface area contributed by atoms with Crippen LogP contribution < -0.4 is 0 Å². The maximum absolute atomic E-state index is 11.5. The van der Waals surface area contributed by atoms with E-state index in [0.29, 0.717) is 12.5 Å². The monoisotopic (exact) mass is 226 g/mol. The van der Waals surface area contributed by atoms with Crippen LogP contribution in [-0.4, -0.2) is 60.5 Å². The predicted octanol–water partition coefficient (Wildman–Crippen LogP) is 0.0373. The Hall–Kier alpha value is -1.36. The van der Waals surface area contributed by atoms with E-state index < -0.39 is 5.97 Å². The number of carbonyl (C=O) groups is 2. The Kier molecular flexibility index (Phi) is 4.49.